The van der Waals surface area contributed by atoms with Gasteiger partial charge < -0.3 is 29.9 Å². The first kappa shape index (κ1) is 18.4. The average Bonchev–Trinajstić information content (AvgIpc) is 2.66. The van der Waals surface area contributed by atoms with Crippen molar-refractivity contribution in [1.82, 2.24) is 0 Å². The molecular formula is C20H24O6. The highest BCUT2D eigenvalue weighted by atomic mass is 16.5. The minimum atomic E-state index is -0.257. The van der Waals surface area contributed by atoms with Gasteiger partial charge in [-0.25, -0.2) is 0 Å². The summed E-state index contributed by atoms with van der Waals surface area (Å²) < 4.78 is 10.4. The van der Waals surface area contributed by atoms with Crippen LogP contribution < -0.4 is 9.47 Å². The second-order valence-electron chi connectivity index (χ2n) is 6.63. The van der Waals surface area contributed by atoms with Gasteiger partial charge in [0.15, 0.2) is 23.0 Å². The van der Waals surface area contributed by atoms with Crippen molar-refractivity contribution < 1.29 is 29.9 Å². The van der Waals surface area contributed by atoms with Crippen LogP contribution in [-0.2, 0) is 6.42 Å². The lowest BCUT2D eigenvalue weighted by Gasteiger charge is -2.38. The Hall–Kier alpha value is -2.44. The molecule has 0 aliphatic heterocycles. The minimum Gasteiger partial charge on any atom is -0.504 e. The van der Waals surface area contributed by atoms with Crippen molar-refractivity contribution >= 4 is 0 Å². The fraction of sp³-hybridized carbons (Fsp3) is 0.400. The molecule has 6 nitrogen and oxygen atoms in total. The number of ether oxygens (including phenoxy) is 2. The molecule has 1 aliphatic carbocycles. The zero-order chi connectivity index (χ0) is 18.8. The molecule has 0 radical (unpaired) electrons. The van der Waals surface area contributed by atoms with Crippen LogP contribution in [0.2, 0.25) is 0 Å². The highest BCUT2D eigenvalue weighted by Crippen LogP contribution is 2.47. The van der Waals surface area contributed by atoms with Crippen LogP contribution in [0.1, 0.15) is 22.6 Å². The summed E-state index contributed by atoms with van der Waals surface area (Å²) in [6, 6.07) is 8.50. The summed E-state index contributed by atoms with van der Waals surface area (Å²) in [7, 11) is 2.97. The van der Waals surface area contributed by atoms with Crippen molar-refractivity contribution in [3.63, 3.8) is 0 Å². The van der Waals surface area contributed by atoms with Crippen LogP contribution in [0.3, 0.4) is 0 Å². The van der Waals surface area contributed by atoms with Crippen LogP contribution >= 0.6 is 0 Å². The van der Waals surface area contributed by atoms with E-state index in [1.165, 1.54) is 14.2 Å². The number of phenolic OH excluding ortho intramolecular Hbond substituents is 2. The Bertz CT molecular complexity index is 788. The molecular weight excluding hydrogens is 336 g/mol. The third kappa shape index (κ3) is 3.06. The van der Waals surface area contributed by atoms with Gasteiger partial charge in [0.1, 0.15) is 0 Å². The molecule has 1 aliphatic rings. The molecule has 0 saturated carbocycles. The Morgan fingerprint density at radius 1 is 0.923 bits per heavy atom. The number of aromatic hydroxyl groups is 2. The maximum atomic E-state index is 10.3. The van der Waals surface area contributed by atoms with Crippen LogP contribution in [0.15, 0.2) is 30.3 Å². The standard InChI is InChI=1S/C20H24O6/c1-25-18-6-11(3-4-16(18)23)20-14-8-17(24)19(26-2)7-12(14)5-13(9-21)15(20)10-22/h3-4,6-8,13,15,20-24H,5,9-10H2,1-2H3/t13-,15+,20+/m1/s1. The first-order valence-electron chi connectivity index (χ1n) is 8.52. The van der Waals surface area contributed by atoms with E-state index in [0.29, 0.717) is 17.9 Å². The highest BCUT2D eigenvalue weighted by Gasteiger charge is 2.38. The summed E-state index contributed by atoms with van der Waals surface area (Å²) in [4.78, 5) is 0. The molecule has 0 unspecified atom stereocenters. The Balaban J connectivity index is 2.19. The number of methoxy groups -OCH3 is 2. The van der Waals surface area contributed by atoms with Gasteiger partial charge in [-0.15, -0.1) is 0 Å². The van der Waals surface area contributed by atoms with Crippen LogP contribution in [0.25, 0.3) is 0 Å². The summed E-state index contributed by atoms with van der Waals surface area (Å²) in [5.74, 6) is 0.160. The van der Waals surface area contributed by atoms with Gasteiger partial charge in [0.05, 0.1) is 14.2 Å². The summed E-state index contributed by atoms with van der Waals surface area (Å²) in [6.07, 6.45) is 0.583. The van der Waals surface area contributed by atoms with E-state index in [4.69, 9.17) is 9.47 Å². The van der Waals surface area contributed by atoms with Crippen molar-refractivity contribution in [2.45, 2.75) is 12.3 Å². The monoisotopic (exact) mass is 360 g/mol. The minimum absolute atomic E-state index is 0.0288. The van der Waals surface area contributed by atoms with Crippen LogP contribution in [0.4, 0.5) is 0 Å². The van der Waals surface area contributed by atoms with Gasteiger partial charge in [-0.05, 0) is 59.2 Å². The average molecular weight is 360 g/mol. The van der Waals surface area contributed by atoms with Gasteiger partial charge >= 0.3 is 0 Å². The second kappa shape index (κ2) is 7.43. The third-order valence-electron chi connectivity index (χ3n) is 5.30. The normalized spacial score (nSPS) is 21.9. The van der Waals surface area contributed by atoms with Gasteiger partial charge in [-0.3, -0.25) is 0 Å². The van der Waals surface area contributed by atoms with Crippen molar-refractivity contribution in [1.29, 1.82) is 0 Å². The van der Waals surface area contributed by atoms with Crippen LogP contribution in [0, 0.1) is 11.8 Å². The first-order chi connectivity index (χ1) is 12.5. The van der Waals surface area contributed by atoms with Gasteiger partial charge in [-0.1, -0.05) is 6.07 Å². The molecule has 2 aromatic carbocycles. The topological polar surface area (TPSA) is 99.4 Å². The van der Waals surface area contributed by atoms with E-state index >= 15 is 0 Å². The smallest absolute Gasteiger partial charge is 0.160 e. The van der Waals surface area contributed by atoms with E-state index < -0.39 is 0 Å². The molecule has 140 valence electrons. The van der Waals surface area contributed by atoms with E-state index in [1.54, 1.807) is 30.3 Å². The maximum absolute atomic E-state index is 10.3. The molecule has 0 spiro atoms. The molecule has 26 heavy (non-hydrogen) atoms. The number of aliphatic hydroxyl groups is 2. The van der Waals surface area contributed by atoms with Gasteiger partial charge in [0.2, 0.25) is 0 Å². The predicted octanol–water partition coefficient (Wildman–Crippen LogP) is 2.02. The Morgan fingerprint density at radius 2 is 1.62 bits per heavy atom. The maximum Gasteiger partial charge on any atom is 0.160 e. The largest absolute Gasteiger partial charge is 0.504 e. The van der Waals surface area contributed by atoms with Crippen LogP contribution in [0.5, 0.6) is 23.0 Å². The van der Waals surface area contributed by atoms with Gasteiger partial charge in [0.25, 0.3) is 0 Å². The Kier molecular flexibility index (Phi) is 5.25. The van der Waals surface area contributed by atoms with Crippen molar-refractivity contribution in [2.24, 2.45) is 11.8 Å². The van der Waals surface area contributed by atoms with E-state index in [-0.39, 0.29) is 42.5 Å². The highest BCUT2D eigenvalue weighted by molar-refractivity contribution is 5.53. The molecule has 3 atom stereocenters. The lowest BCUT2D eigenvalue weighted by Crippen LogP contribution is -2.35. The molecule has 0 bridgehead atoms. The first-order valence-corrected chi connectivity index (χ1v) is 8.52. The third-order valence-corrected chi connectivity index (χ3v) is 5.30. The van der Waals surface area contributed by atoms with E-state index in [2.05, 4.69) is 0 Å². The molecule has 0 fully saturated rings. The SMILES string of the molecule is COc1cc([C@H]2c3cc(O)c(OC)cc3C[C@H](CO)[C@@H]2CO)ccc1O. The molecule has 4 N–H and O–H groups in total. The van der Waals surface area contributed by atoms with Crippen LogP contribution in [-0.4, -0.2) is 47.9 Å². The summed E-state index contributed by atoms with van der Waals surface area (Å²) in [5.41, 5.74) is 2.67. The van der Waals surface area contributed by atoms with E-state index in [1.807, 2.05) is 0 Å². The van der Waals surface area contributed by atoms with Gasteiger partial charge in [-0.2, -0.15) is 0 Å². The van der Waals surface area contributed by atoms with E-state index in [9.17, 15) is 20.4 Å². The lowest BCUT2D eigenvalue weighted by atomic mass is 9.67. The predicted molar refractivity (Wildman–Crippen MR) is 96.0 cm³/mol. The van der Waals surface area contributed by atoms with Crippen molar-refractivity contribution in [2.75, 3.05) is 27.4 Å². The number of benzene rings is 2. The number of hydrogen-bond donors (Lipinski definition) is 4. The number of aliphatic hydroxyl groups excluding tert-OH is 2. The quantitative estimate of drug-likeness (QED) is 0.651. The Morgan fingerprint density at radius 3 is 2.23 bits per heavy atom. The van der Waals surface area contributed by atoms with Crippen molar-refractivity contribution in [3.8, 4) is 23.0 Å². The second-order valence-corrected chi connectivity index (χ2v) is 6.63. The number of hydrogen-bond acceptors (Lipinski definition) is 6. The molecule has 3 rings (SSSR count). The Labute approximate surface area is 152 Å². The molecule has 0 heterocycles. The zero-order valence-corrected chi connectivity index (χ0v) is 14.8. The van der Waals surface area contributed by atoms with Gasteiger partial charge in [0, 0.05) is 19.1 Å². The van der Waals surface area contributed by atoms with E-state index in [0.717, 1.165) is 16.7 Å². The zero-order valence-electron chi connectivity index (χ0n) is 14.8. The fourth-order valence-corrected chi connectivity index (χ4v) is 3.96. The number of fused-ring (bicyclic) bond motifs is 1. The molecule has 6 heteroatoms. The molecule has 2 aromatic rings. The fourth-order valence-electron chi connectivity index (χ4n) is 3.96. The summed E-state index contributed by atoms with van der Waals surface area (Å²) in [5, 5.41) is 40.0. The number of phenols is 2. The molecule has 0 saturated heterocycles. The van der Waals surface area contributed by atoms with Crippen molar-refractivity contribution in [3.05, 3.63) is 47.0 Å². The summed E-state index contributed by atoms with van der Waals surface area (Å²) >= 11 is 0. The molecule has 0 aromatic heterocycles. The number of rotatable bonds is 5. The lowest BCUT2D eigenvalue weighted by molar-refractivity contribution is 0.101. The summed E-state index contributed by atoms with van der Waals surface area (Å²) in [6.45, 7) is -0.162. The molecule has 0 amide bonds.